The van der Waals surface area contributed by atoms with Crippen molar-refractivity contribution in [1.29, 1.82) is 0 Å². The minimum absolute atomic E-state index is 0.178. The first kappa shape index (κ1) is 20.1. The van der Waals surface area contributed by atoms with E-state index >= 15 is 0 Å². The number of nitro benzene ring substituents is 1. The van der Waals surface area contributed by atoms with Crippen molar-refractivity contribution in [3.05, 3.63) is 75.1 Å². The average Bonchev–Trinajstić information content (AvgIpc) is 3.01. The predicted molar refractivity (Wildman–Crippen MR) is 110 cm³/mol. The Labute approximate surface area is 168 Å². The fraction of sp³-hybridized carbons (Fsp3) is 0.238. The number of anilines is 1. The minimum Gasteiger partial charge on any atom is -0.457 e. The summed E-state index contributed by atoms with van der Waals surface area (Å²) < 4.78 is 7.54. The van der Waals surface area contributed by atoms with Crippen molar-refractivity contribution in [2.75, 3.05) is 5.32 Å². The molecule has 2 aromatic carbocycles. The lowest BCUT2D eigenvalue weighted by Crippen LogP contribution is -2.13. The Hall–Kier alpha value is -3.68. The second kappa shape index (κ2) is 8.14. The number of hydrogen-bond acceptors (Lipinski definition) is 5. The first-order chi connectivity index (χ1) is 13.8. The van der Waals surface area contributed by atoms with Crippen molar-refractivity contribution in [1.82, 2.24) is 9.78 Å². The molecule has 1 aromatic heterocycles. The predicted octanol–water partition coefficient (Wildman–Crippen LogP) is 4.78. The molecule has 0 unspecified atom stereocenters. The van der Waals surface area contributed by atoms with Crippen LogP contribution in [0.2, 0.25) is 0 Å². The maximum absolute atomic E-state index is 12.6. The van der Waals surface area contributed by atoms with Gasteiger partial charge in [-0.2, -0.15) is 5.10 Å². The Morgan fingerprint density at radius 3 is 2.34 bits per heavy atom. The number of nitrogens with zero attached hydrogens (tertiary/aromatic N) is 3. The minimum atomic E-state index is -0.523. The van der Waals surface area contributed by atoms with Crippen molar-refractivity contribution in [2.24, 2.45) is 0 Å². The van der Waals surface area contributed by atoms with Gasteiger partial charge in [0.15, 0.2) is 0 Å². The van der Waals surface area contributed by atoms with Gasteiger partial charge >= 0.3 is 0 Å². The van der Waals surface area contributed by atoms with Crippen LogP contribution in [-0.4, -0.2) is 20.6 Å². The number of ether oxygens (including phenoxy) is 1. The average molecular weight is 394 g/mol. The lowest BCUT2D eigenvalue weighted by Gasteiger charge is -2.11. The Balaban J connectivity index is 1.91. The maximum atomic E-state index is 12.6. The van der Waals surface area contributed by atoms with Crippen molar-refractivity contribution < 1.29 is 14.5 Å². The summed E-state index contributed by atoms with van der Waals surface area (Å²) >= 11 is 0. The molecule has 0 aliphatic heterocycles. The third-order valence-electron chi connectivity index (χ3n) is 4.44. The third kappa shape index (κ3) is 4.60. The SMILES string of the molecule is CCn1ncc(C(=O)Nc2cc(Oc3cc(C)cc(C)c3)cc([N+](=O)[O-])c2)c1C. The molecule has 3 rings (SSSR count). The van der Waals surface area contributed by atoms with E-state index in [1.807, 2.05) is 39.0 Å². The van der Waals surface area contributed by atoms with Gasteiger partial charge < -0.3 is 10.1 Å². The molecule has 0 fully saturated rings. The van der Waals surface area contributed by atoms with E-state index in [0.29, 0.717) is 17.9 Å². The number of carbonyl (C=O) groups excluding carboxylic acids is 1. The van der Waals surface area contributed by atoms with Crippen LogP contribution < -0.4 is 10.1 Å². The van der Waals surface area contributed by atoms with Gasteiger partial charge in [-0.3, -0.25) is 19.6 Å². The third-order valence-corrected chi connectivity index (χ3v) is 4.44. The zero-order chi connectivity index (χ0) is 21.1. The number of nitro groups is 1. The highest BCUT2D eigenvalue weighted by Crippen LogP contribution is 2.31. The molecule has 150 valence electrons. The topological polar surface area (TPSA) is 99.3 Å². The Morgan fingerprint density at radius 1 is 1.10 bits per heavy atom. The molecule has 8 nitrogen and oxygen atoms in total. The zero-order valence-corrected chi connectivity index (χ0v) is 16.7. The summed E-state index contributed by atoms with van der Waals surface area (Å²) in [6.07, 6.45) is 1.48. The molecule has 0 aliphatic rings. The molecule has 0 saturated carbocycles. The number of rotatable bonds is 6. The fourth-order valence-corrected chi connectivity index (χ4v) is 3.13. The molecule has 0 aliphatic carbocycles. The van der Waals surface area contributed by atoms with E-state index in [1.54, 1.807) is 17.7 Å². The number of aromatic nitrogens is 2. The van der Waals surface area contributed by atoms with Crippen LogP contribution in [0, 0.1) is 30.9 Å². The standard InChI is InChI=1S/C21H22N4O4/c1-5-24-15(4)20(12-22-24)21(26)23-16-9-17(25(27)28)11-19(10-16)29-18-7-13(2)6-14(3)8-18/h6-12H,5H2,1-4H3,(H,23,26). The molecule has 29 heavy (non-hydrogen) atoms. The van der Waals surface area contributed by atoms with Crippen LogP contribution in [0.5, 0.6) is 11.5 Å². The van der Waals surface area contributed by atoms with Crippen LogP contribution in [-0.2, 0) is 6.54 Å². The Bertz CT molecular complexity index is 1070. The number of benzene rings is 2. The molecule has 1 amide bonds. The number of non-ortho nitro benzene ring substituents is 1. The highest BCUT2D eigenvalue weighted by Gasteiger charge is 2.17. The second-order valence-electron chi connectivity index (χ2n) is 6.81. The summed E-state index contributed by atoms with van der Waals surface area (Å²) in [6, 6.07) is 9.87. The molecule has 1 heterocycles. The van der Waals surface area contributed by atoms with E-state index < -0.39 is 4.92 Å². The summed E-state index contributed by atoms with van der Waals surface area (Å²) in [5, 5.41) is 18.2. The summed E-state index contributed by atoms with van der Waals surface area (Å²) in [7, 11) is 0. The number of aryl methyl sites for hydroxylation is 3. The van der Waals surface area contributed by atoms with E-state index in [-0.39, 0.29) is 23.0 Å². The quantitative estimate of drug-likeness (QED) is 0.479. The number of hydrogen-bond donors (Lipinski definition) is 1. The zero-order valence-electron chi connectivity index (χ0n) is 16.7. The van der Waals surface area contributed by atoms with Gasteiger partial charge in [-0.1, -0.05) is 6.07 Å². The van der Waals surface area contributed by atoms with Crippen molar-refractivity contribution in [3.63, 3.8) is 0 Å². The molecule has 0 spiro atoms. The largest absolute Gasteiger partial charge is 0.457 e. The molecule has 8 heteroatoms. The van der Waals surface area contributed by atoms with E-state index in [0.717, 1.165) is 16.8 Å². The highest BCUT2D eigenvalue weighted by atomic mass is 16.6. The molecular weight excluding hydrogens is 372 g/mol. The van der Waals surface area contributed by atoms with Gasteiger partial charge in [0, 0.05) is 24.4 Å². The van der Waals surface area contributed by atoms with Gasteiger partial charge in [0.1, 0.15) is 11.5 Å². The number of carbonyl (C=O) groups is 1. The van der Waals surface area contributed by atoms with Crippen molar-refractivity contribution in [3.8, 4) is 11.5 Å². The van der Waals surface area contributed by atoms with Crippen LogP contribution in [0.15, 0.2) is 42.6 Å². The van der Waals surface area contributed by atoms with Crippen LogP contribution in [0.1, 0.15) is 34.1 Å². The summed E-state index contributed by atoms with van der Waals surface area (Å²) in [5.41, 5.74) is 3.26. The van der Waals surface area contributed by atoms with Crippen LogP contribution in [0.3, 0.4) is 0 Å². The molecule has 3 aromatic rings. The Kier molecular flexibility index (Phi) is 5.63. The van der Waals surface area contributed by atoms with E-state index in [2.05, 4.69) is 10.4 Å². The second-order valence-corrected chi connectivity index (χ2v) is 6.81. The lowest BCUT2D eigenvalue weighted by atomic mass is 10.1. The van der Waals surface area contributed by atoms with E-state index in [4.69, 9.17) is 4.74 Å². The maximum Gasteiger partial charge on any atom is 0.275 e. The van der Waals surface area contributed by atoms with Gasteiger partial charge in [0.05, 0.1) is 28.4 Å². The van der Waals surface area contributed by atoms with Crippen LogP contribution >= 0.6 is 0 Å². The number of nitrogens with one attached hydrogen (secondary N) is 1. The van der Waals surface area contributed by atoms with Crippen LogP contribution in [0.25, 0.3) is 0 Å². The van der Waals surface area contributed by atoms with Crippen LogP contribution in [0.4, 0.5) is 11.4 Å². The lowest BCUT2D eigenvalue weighted by molar-refractivity contribution is -0.384. The fourth-order valence-electron chi connectivity index (χ4n) is 3.13. The van der Waals surface area contributed by atoms with Crippen molar-refractivity contribution >= 4 is 17.3 Å². The summed E-state index contributed by atoms with van der Waals surface area (Å²) in [5.74, 6) is 0.445. The van der Waals surface area contributed by atoms with Gasteiger partial charge in [0.25, 0.3) is 11.6 Å². The highest BCUT2D eigenvalue weighted by molar-refractivity contribution is 6.05. The van der Waals surface area contributed by atoms with Gasteiger partial charge in [-0.15, -0.1) is 0 Å². The van der Waals surface area contributed by atoms with Gasteiger partial charge in [0.2, 0.25) is 0 Å². The Morgan fingerprint density at radius 2 is 1.76 bits per heavy atom. The molecule has 1 N–H and O–H groups in total. The summed E-state index contributed by atoms with van der Waals surface area (Å²) in [6.45, 7) is 8.26. The first-order valence-electron chi connectivity index (χ1n) is 9.16. The smallest absolute Gasteiger partial charge is 0.275 e. The molecule has 0 bridgehead atoms. The van der Waals surface area contributed by atoms with Crippen molar-refractivity contribution in [2.45, 2.75) is 34.2 Å². The molecular formula is C21H22N4O4. The van der Waals surface area contributed by atoms with E-state index in [9.17, 15) is 14.9 Å². The first-order valence-corrected chi connectivity index (χ1v) is 9.16. The van der Waals surface area contributed by atoms with Gasteiger partial charge in [-0.05, 0) is 51.0 Å². The van der Waals surface area contributed by atoms with Gasteiger partial charge in [-0.25, -0.2) is 0 Å². The summed E-state index contributed by atoms with van der Waals surface area (Å²) in [4.78, 5) is 23.4. The molecule has 0 saturated heterocycles. The molecule has 0 radical (unpaired) electrons. The molecule has 0 atom stereocenters. The number of amides is 1. The monoisotopic (exact) mass is 394 g/mol. The normalized spacial score (nSPS) is 10.6. The van der Waals surface area contributed by atoms with E-state index in [1.165, 1.54) is 18.3 Å².